The second kappa shape index (κ2) is 6.04. The molecule has 0 bridgehead atoms. The Bertz CT molecular complexity index is 294. The Morgan fingerprint density at radius 2 is 1.88 bits per heavy atom. The fourth-order valence-electron chi connectivity index (χ4n) is 0.987. The van der Waals surface area contributed by atoms with E-state index in [1.165, 1.54) is 12.2 Å². The van der Waals surface area contributed by atoms with Crippen LogP contribution in [0.2, 0.25) is 0 Å². The maximum absolute atomic E-state index is 11.2. The first-order valence-electron chi connectivity index (χ1n) is 4.44. The van der Waals surface area contributed by atoms with Gasteiger partial charge >= 0.3 is 11.9 Å². The van der Waals surface area contributed by atoms with Crippen molar-refractivity contribution in [2.24, 2.45) is 5.92 Å². The third kappa shape index (κ3) is 3.48. The van der Waals surface area contributed by atoms with Crippen molar-refractivity contribution in [2.75, 3.05) is 6.61 Å². The summed E-state index contributed by atoms with van der Waals surface area (Å²) in [4.78, 5) is 21.9. The van der Waals surface area contributed by atoms with Gasteiger partial charge in [-0.25, -0.2) is 4.79 Å². The smallest absolute Gasteiger partial charge is 0.367 e. The highest BCUT2D eigenvalue weighted by Gasteiger charge is 2.47. The molecular weight excluding hydrogens is 216 g/mol. The number of allylic oxidation sites excluding steroid dienone is 1. The van der Waals surface area contributed by atoms with E-state index in [9.17, 15) is 19.8 Å². The minimum atomic E-state index is -3.08. The molecule has 0 aromatic heterocycles. The molecule has 16 heavy (non-hydrogen) atoms. The molecule has 90 valence electrons. The van der Waals surface area contributed by atoms with Gasteiger partial charge in [0, 0.05) is 0 Å². The topological polar surface area (TPSA) is 104 Å². The third-order valence-electron chi connectivity index (χ3n) is 1.82. The number of carboxylic acid groups (broad SMARTS) is 1. The molecule has 0 rings (SSSR count). The minimum absolute atomic E-state index is 0.234. The van der Waals surface area contributed by atoms with E-state index in [1.807, 2.05) is 0 Å². The van der Waals surface area contributed by atoms with Crippen molar-refractivity contribution in [3.05, 3.63) is 25.3 Å². The van der Waals surface area contributed by atoms with Crippen LogP contribution >= 0.6 is 0 Å². The predicted molar refractivity (Wildman–Crippen MR) is 54.3 cm³/mol. The number of aliphatic hydroxyl groups is 2. The molecule has 1 atom stereocenters. The van der Waals surface area contributed by atoms with Crippen LogP contribution in [-0.2, 0) is 14.3 Å². The lowest BCUT2D eigenvalue weighted by Gasteiger charge is -2.24. The van der Waals surface area contributed by atoms with Crippen LogP contribution in [0.25, 0.3) is 0 Å². The molecule has 0 aromatic rings. The summed E-state index contributed by atoms with van der Waals surface area (Å²) in [6, 6.07) is 0. The Morgan fingerprint density at radius 1 is 1.31 bits per heavy atom. The molecule has 0 aliphatic heterocycles. The van der Waals surface area contributed by atoms with Gasteiger partial charge in [-0.05, 0) is 6.42 Å². The van der Waals surface area contributed by atoms with Crippen LogP contribution in [0.4, 0.5) is 0 Å². The number of carbonyl (C=O) groups is 2. The van der Waals surface area contributed by atoms with E-state index in [4.69, 9.17) is 5.11 Å². The zero-order valence-corrected chi connectivity index (χ0v) is 8.63. The molecule has 0 aromatic carbocycles. The van der Waals surface area contributed by atoms with Gasteiger partial charge in [-0.2, -0.15) is 0 Å². The molecule has 6 heteroatoms. The maximum Gasteiger partial charge on any atom is 0.367 e. The number of aliphatic carboxylic acids is 1. The van der Waals surface area contributed by atoms with Gasteiger partial charge in [-0.1, -0.05) is 18.7 Å². The number of hydrogen-bond donors (Lipinski definition) is 3. The van der Waals surface area contributed by atoms with Gasteiger partial charge in [0.2, 0.25) is 0 Å². The van der Waals surface area contributed by atoms with Crippen LogP contribution in [0, 0.1) is 5.92 Å². The SMILES string of the molecule is C=CCOC(=O)C(O)(O)C(CC=C)C(=O)O. The van der Waals surface area contributed by atoms with Crippen molar-refractivity contribution in [3.63, 3.8) is 0 Å². The van der Waals surface area contributed by atoms with E-state index >= 15 is 0 Å². The Balaban J connectivity index is 4.81. The molecule has 0 radical (unpaired) electrons. The minimum Gasteiger partial charge on any atom is -0.481 e. The number of ether oxygens (including phenoxy) is 1. The first-order valence-corrected chi connectivity index (χ1v) is 4.44. The van der Waals surface area contributed by atoms with Gasteiger partial charge in [0.25, 0.3) is 5.79 Å². The van der Waals surface area contributed by atoms with E-state index in [0.29, 0.717) is 0 Å². The van der Waals surface area contributed by atoms with Gasteiger partial charge in [-0.3, -0.25) is 4.79 Å². The third-order valence-corrected chi connectivity index (χ3v) is 1.82. The Hall–Kier alpha value is -1.66. The van der Waals surface area contributed by atoms with Crippen molar-refractivity contribution in [1.29, 1.82) is 0 Å². The van der Waals surface area contributed by atoms with Crippen LogP contribution in [0.5, 0.6) is 0 Å². The lowest BCUT2D eigenvalue weighted by molar-refractivity contribution is -0.229. The summed E-state index contributed by atoms with van der Waals surface area (Å²) in [5, 5.41) is 27.5. The summed E-state index contributed by atoms with van der Waals surface area (Å²) in [5.41, 5.74) is 0. The van der Waals surface area contributed by atoms with Crippen molar-refractivity contribution in [1.82, 2.24) is 0 Å². The molecule has 0 saturated heterocycles. The molecule has 6 nitrogen and oxygen atoms in total. The summed E-state index contributed by atoms with van der Waals surface area (Å²) in [6.45, 7) is 6.29. The Labute approximate surface area is 92.5 Å². The Kier molecular flexibility index (Phi) is 5.41. The van der Waals surface area contributed by atoms with Crippen molar-refractivity contribution in [3.8, 4) is 0 Å². The van der Waals surface area contributed by atoms with Crippen LogP contribution < -0.4 is 0 Å². The van der Waals surface area contributed by atoms with Crippen molar-refractivity contribution < 1.29 is 29.6 Å². The van der Waals surface area contributed by atoms with E-state index < -0.39 is 23.6 Å². The molecule has 0 amide bonds. The number of hydrogen-bond acceptors (Lipinski definition) is 5. The average Bonchev–Trinajstić information content (AvgIpc) is 2.21. The summed E-state index contributed by atoms with van der Waals surface area (Å²) in [7, 11) is 0. The number of rotatable bonds is 7. The van der Waals surface area contributed by atoms with Crippen molar-refractivity contribution in [2.45, 2.75) is 12.2 Å². The molecule has 0 saturated carbocycles. The second-order valence-electron chi connectivity index (χ2n) is 3.03. The lowest BCUT2D eigenvalue weighted by atomic mass is 9.95. The first kappa shape index (κ1) is 14.3. The molecule has 0 aliphatic carbocycles. The van der Waals surface area contributed by atoms with Crippen molar-refractivity contribution >= 4 is 11.9 Å². The summed E-state index contributed by atoms with van der Waals surface area (Å²) >= 11 is 0. The summed E-state index contributed by atoms with van der Waals surface area (Å²) < 4.78 is 4.38. The molecular formula is C10H14O6. The number of carbonyl (C=O) groups excluding carboxylic acids is 1. The van der Waals surface area contributed by atoms with Gasteiger partial charge in [-0.15, -0.1) is 6.58 Å². The van der Waals surface area contributed by atoms with Gasteiger partial charge in [0.1, 0.15) is 12.5 Å². The van der Waals surface area contributed by atoms with Crippen LogP contribution in [0.15, 0.2) is 25.3 Å². The molecule has 1 unspecified atom stereocenters. The Morgan fingerprint density at radius 3 is 2.25 bits per heavy atom. The normalized spacial score (nSPS) is 12.6. The van der Waals surface area contributed by atoms with Gasteiger partial charge in [0.15, 0.2) is 0 Å². The fraction of sp³-hybridized carbons (Fsp3) is 0.400. The fourth-order valence-corrected chi connectivity index (χ4v) is 0.987. The lowest BCUT2D eigenvalue weighted by Crippen LogP contribution is -2.50. The van der Waals surface area contributed by atoms with Gasteiger partial charge in [0.05, 0.1) is 0 Å². The van der Waals surface area contributed by atoms with Gasteiger partial charge < -0.3 is 20.1 Å². The highest BCUT2D eigenvalue weighted by atomic mass is 16.6. The number of esters is 1. The standard InChI is InChI=1S/C10H14O6/c1-3-5-7(8(11)12)10(14,15)9(13)16-6-4-2/h3-4,7,14-15H,1-2,5-6H2,(H,11,12). The second-order valence-corrected chi connectivity index (χ2v) is 3.03. The molecule has 0 aliphatic rings. The van der Waals surface area contributed by atoms with E-state index in [0.717, 1.165) is 0 Å². The zero-order chi connectivity index (χ0) is 12.8. The maximum atomic E-state index is 11.2. The van der Waals surface area contributed by atoms with E-state index in [-0.39, 0.29) is 13.0 Å². The largest absolute Gasteiger partial charge is 0.481 e. The van der Waals surface area contributed by atoms with Crippen LogP contribution in [0.1, 0.15) is 6.42 Å². The number of carboxylic acids is 1. The van der Waals surface area contributed by atoms with E-state index in [1.54, 1.807) is 0 Å². The summed E-state index contributed by atoms with van der Waals surface area (Å²) in [5.74, 6) is -7.76. The predicted octanol–water partition coefficient (Wildman–Crippen LogP) is -0.327. The van der Waals surface area contributed by atoms with Crippen LogP contribution in [-0.4, -0.2) is 39.7 Å². The molecule has 0 spiro atoms. The average molecular weight is 230 g/mol. The van der Waals surface area contributed by atoms with E-state index in [2.05, 4.69) is 17.9 Å². The summed E-state index contributed by atoms with van der Waals surface area (Å²) in [6.07, 6.45) is 2.11. The van der Waals surface area contributed by atoms with Crippen LogP contribution in [0.3, 0.4) is 0 Å². The quantitative estimate of drug-likeness (QED) is 0.314. The monoisotopic (exact) mass is 230 g/mol. The molecule has 0 fully saturated rings. The zero-order valence-electron chi connectivity index (χ0n) is 8.63. The molecule has 0 heterocycles. The molecule has 3 N–H and O–H groups in total. The highest BCUT2D eigenvalue weighted by Crippen LogP contribution is 2.21. The first-order chi connectivity index (χ1) is 7.37. The highest BCUT2D eigenvalue weighted by molar-refractivity contribution is 5.85.